The van der Waals surface area contributed by atoms with Crippen LogP contribution in [0.4, 0.5) is 0 Å². The van der Waals surface area contributed by atoms with Gasteiger partial charge in [0.2, 0.25) is 0 Å². The molecular weight excluding hydrogens is 368 g/mol. The van der Waals surface area contributed by atoms with Crippen LogP contribution in [0.25, 0.3) is 6.08 Å². The maximum absolute atomic E-state index is 12.9. The predicted octanol–water partition coefficient (Wildman–Crippen LogP) is 3.73. The molecule has 1 atom stereocenters. The summed E-state index contributed by atoms with van der Waals surface area (Å²) in [6.07, 6.45) is 13.1. The van der Waals surface area contributed by atoms with Crippen LogP contribution in [0, 0.1) is 5.92 Å². The third-order valence-electron chi connectivity index (χ3n) is 6.00. The predicted molar refractivity (Wildman–Crippen MR) is 111 cm³/mol. The van der Waals surface area contributed by atoms with Gasteiger partial charge in [0.15, 0.2) is 0 Å². The molecule has 1 aromatic carbocycles. The van der Waals surface area contributed by atoms with Crippen LogP contribution in [-0.2, 0) is 20.9 Å². The second-order valence-electron chi connectivity index (χ2n) is 8.15. The molecule has 3 N–H and O–H groups in total. The minimum atomic E-state index is -0.563. The van der Waals surface area contributed by atoms with E-state index in [0.717, 1.165) is 49.7 Å². The number of hydrogen-bond acceptors (Lipinski definition) is 5. The van der Waals surface area contributed by atoms with E-state index in [1.165, 1.54) is 25.3 Å². The average molecular weight is 401 g/mol. The highest BCUT2D eigenvalue weighted by atomic mass is 16.5. The molecule has 6 heteroatoms. The van der Waals surface area contributed by atoms with E-state index in [4.69, 9.17) is 9.94 Å². The van der Waals surface area contributed by atoms with E-state index in [-0.39, 0.29) is 18.1 Å². The Morgan fingerprint density at radius 2 is 1.69 bits per heavy atom. The van der Waals surface area contributed by atoms with Gasteiger partial charge in [0.05, 0.1) is 0 Å². The first-order chi connectivity index (χ1) is 14.2. The zero-order valence-corrected chi connectivity index (χ0v) is 16.9. The fourth-order valence-electron chi connectivity index (χ4n) is 4.34. The maximum Gasteiger partial charge on any atom is 0.323 e. The Labute approximate surface area is 172 Å². The Kier molecular flexibility index (Phi) is 8.25. The van der Waals surface area contributed by atoms with Crippen LogP contribution in [0.3, 0.4) is 0 Å². The van der Waals surface area contributed by atoms with E-state index in [1.54, 1.807) is 11.6 Å². The number of amides is 1. The molecule has 2 aliphatic rings. The molecule has 158 valence electrons. The van der Waals surface area contributed by atoms with Crippen LogP contribution in [0.15, 0.2) is 30.3 Å². The van der Waals surface area contributed by atoms with E-state index >= 15 is 0 Å². The lowest BCUT2D eigenvalue weighted by molar-refractivity contribution is -0.153. The van der Waals surface area contributed by atoms with Crippen molar-refractivity contribution in [2.75, 3.05) is 0 Å². The van der Waals surface area contributed by atoms with Crippen molar-refractivity contribution in [1.29, 1.82) is 0 Å². The van der Waals surface area contributed by atoms with Gasteiger partial charge in [0.1, 0.15) is 12.1 Å². The number of ether oxygens (including phenoxy) is 1. The highest BCUT2D eigenvalue weighted by Crippen LogP contribution is 2.29. The van der Waals surface area contributed by atoms with Gasteiger partial charge >= 0.3 is 5.97 Å². The van der Waals surface area contributed by atoms with Gasteiger partial charge < -0.3 is 10.1 Å². The van der Waals surface area contributed by atoms with Crippen molar-refractivity contribution in [2.24, 2.45) is 5.92 Å². The van der Waals surface area contributed by atoms with Crippen molar-refractivity contribution in [2.45, 2.75) is 76.5 Å². The SMILES string of the molecule is O=C(/C=C/c1ccc(CNC(C(=O)OC2CCCC2)C2CCCCC2)cc1)NO. The van der Waals surface area contributed by atoms with Crippen molar-refractivity contribution >= 4 is 18.0 Å². The number of carbonyl (C=O) groups excluding carboxylic acids is 2. The first-order valence-electron chi connectivity index (χ1n) is 10.8. The van der Waals surface area contributed by atoms with Crippen LogP contribution in [0.5, 0.6) is 0 Å². The number of hydrogen-bond donors (Lipinski definition) is 3. The molecule has 2 saturated carbocycles. The quantitative estimate of drug-likeness (QED) is 0.268. The van der Waals surface area contributed by atoms with Gasteiger partial charge in [-0.15, -0.1) is 0 Å². The molecule has 6 nitrogen and oxygen atoms in total. The smallest absolute Gasteiger partial charge is 0.323 e. The summed E-state index contributed by atoms with van der Waals surface area (Å²) < 4.78 is 5.83. The van der Waals surface area contributed by atoms with Crippen LogP contribution in [0.1, 0.15) is 68.9 Å². The van der Waals surface area contributed by atoms with Crippen LogP contribution < -0.4 is 10.8 Å². The topological polar surface area (TPSA) is 87.7 Å². The van der Waals surface area contributed by atoms with Gasteiger partial charge in [-0.05, 0) is 61.6 Å². The molecule has 1 amide bonds. The molecule has 0 aliphatic heterocycles. The monoisotopic (exact) mass is 400 g/mol. The molecule has 0 heterocycles. The zero-order valence-electron chi connectivity index (χ0n) is 16.9. The minimum absolute atomic E-state index is 0.0848. The van der Waals surface area contributed by atoms with Crippen LogP contribution in [0.2, 0.25) is 0 Å². The normalized spacial score (nSPS) is 19.3. The second-order valence-corrected chi connectivity index (χ2v) is 8.15. The lowest BCUT2D eigenvalue weighted by atomic mass is 9.83. The van der Waals surface area contributed by atoms with Gasteiger partial charge in [-0.3, -0.25) is 14.8 Å². The number of rotatable bonds is 8. The Hall–Kier alpha value is -2.18. The fraction of sp³-hybridized carbons (Fsp3) is 0.565. The number of esters is 1. The number of nitrogens with one attached hydrogen (secondary N) is 2. The molecule has 3 rings (SSSR count). The van der Waals surface area contributed by atoms with Crippen molar-refractivity contribution in [3.8, 4) is 0 Å². The molecule has 29 heavy (non-hydrogen) atoms. The van der Waals surface area contributed by atoms with Crippen LogP contribution >= 0.6 is 0 Å². The summed E-state index contributed by atoms with van der Waals surface area (Å²) in [6.45, 7) is 0.599. The van der Waals surface area contributed by atoms with Gasteiger partial charge in [-0.25, -0.2) is 5.48 Å². The van der Waals surface area contributed by atoms with Crippen molar-refractivity contribution in [3.63, 3.8) is 0 Å². The van der Waals surface area contributed by atoms with Gasteiger partial charge in [-0.2, -0.15) is 0 Å². The molecule has 0 spiro atoms. The van der Waals surface area contributed by atoms with Gasteiger partial charge in [-0.1, -0.05) is 43.5 Å². The highest BCUT2D eigenvalue weighted by Gasteiger charge is 2.32. The largest absolute Gasteiger partial charge is 0.461 e. The Morgan fingerprint density at radius 3 is 2.34 bits per heavy atom. The van der Waals surface area contributed by atoms with Crippen molar-refractivity contribution in [1.82, 2.24) is 10.8 Å². The molecule has 2 fully saturated rings. The summed E-state index contributed by atoms with van der Waals surface area (Å²) in [6, 6.07) is 7.52. The number of hydroxylamine groups is 1. The highest BCUT2D eigenvalue weighted by molar-refractivity contribution is 5.90. The summed E-state index contributed by atoms with van der Waals surface area (Å²) in [5, 5.41) is 12.0. The van der Waals surface area contributed by atoms with E-state index in [1.807, 2.05) is 24.3 Å². The van der Waals surface area contributed by atoms with Gasteiger partial charge in [0.25, 0.3) is 5.91 Å². The van der Waals surface area contributed by atoms with E-state index in [0.29, 0.717) is 12.5 Å². The minimum Gasteiger partial charge on any atom is -0.461 e. The third-order valence-corrected chi connectivity index (χ3v) is 6.00. The van der Waals surface area contributed by atoms with Crippen molar-refractivity contribution < 1.29 is 19.5 Å². The average Bonchev–Trinajstić information content (AvgIpc) is 3.26. The second kappa shape index (κ2) is 11.1. The number of carbonyl (C=O) groups is 2. The summed E-state index contributed by atoms with van der Waals surface area (Å²) in [5.41, 5.74) is 3.50. The first kappa shape index (κ1) is 21.5. The van der Waals surface area contributed by atoms with E-state index in [2.05, 4.69) is 5.32 Å². The summed E-state index contributed by atoms with van der Waals surface area (Å²) >= 11 is 0. The molecule has 1 unspecified atom stereocenters. The maximum atomic E-state index is 12.9. The Bertz CT molecular complexity index is 689. The van der Waals surface area contributed by atoms with E-state index < -0.39 is 5.91 Å². The molecule has 0 bridgehead atoms. The van der Waals surface area contributed by atoms with Crippen LogP contribution in [-0.4, -0.2) is 29.2 Å². The van der Waals surface area contributed by atoms with Gasteiger partial charge in [0, 0.05) is 12.6 Å². The molecule has 2 aliphatic carbocycles. The molecule has 0 aromatic heterocycles. The first-order valence-corrected chi connectivity index (χ1v) is 10.8. The summed E-state index contributed by atoms with van der Waals surface area (Å²) in [4.78, 5) is 24.0. The zero-order chi connectivity index (χ0) is 20.5. The summed E-state index contributed by atoms with van der Waals surface area (Å²) in [5.74, 6) is -0.304. The molecule has 1 aromatic rings. The Morgan fingerprint density at radius 1 is 1.03 bits per heavy atom. The molecule has 0 saturated heterocycles. The standard InChI is InChI=1S/C23H32N2O4/c26-21(25-28)15-14-17-10-12-18(13-11-17)16-24-22(19-6-2-1-3-7-19)23(27)29-20-8-4-5-9-20/h10-15,19-20,22,24,28H,1-9,16H2,(H,25,26)/b15-14+. The Balaban J connectivity index is 1.58. The lowest BCUT2D eigenvalue weighted by Crippen LogP contribution is -2.45. The van der Waals surface area contributed by atoms with Crippen molar-refractivity contribution in [3.05, 3.63) is 41.5 Å². The summed E-state index contributed by atoms with van der Waals surface area (Å²) in [7, 11) is 0. The van der Waals surface area contributed by atoms with E-state index in [9.17, 15) is 9.59 Å². The fourth-order valence-corrected chi connectivity index (χ4v) is 4.34. The molecular formula is C23H32N2O4. The third kappa shape index (κ3) is 6.68. The lowest BCUT2D eigenvalue weighted by Gasteiger charge is -2.30. The molecule has 0 radical (unpaired) electrons. The number of benzene rings is 1.